The first-order valence-corrected chi connectivity index (χ1v) is 9.55. The molecule has 0 aliphatic heterocycles. The van der Waals surface area contributed by atoms with E-state index in [1.165, 1.54) is 24.3 Å². The Labute approximate surface area is 130 Å². The van der Waals surface area contributed by atoms with Gasteiger partial charge in [0, 0.05) is 0 Å². The van der Waals surface area contributed by atoms with E-state index >= 15 is 0 Å². The standard InChI is InChI=1S/C15H16FNO3S2/c1-12-8-10-15(11-9-12)22(19,20)17-21(18,13(2)16)14-6-4-3-5-7-14/h3-11,13H,1-2H3/t13-,21?/m0/s1. The van der Waals surface area contributed by atoms with Gasteiger partial charge >= 0.3 is 0 Å². The maximum absolute atomic E-state index is 13.9. The van der Waals surface area contributed by atoms with Gasteiger partial charge < -0.3 is 0 Å². The third kappa shape index (κ3) is 3.36. The average molecular weight is 341 g/mol. The van der Waals surface area contributed by atoms with Gasteiger partial charge in [-0.15, -0.1) is 0 Å². The number of nitrogens with zero attached hydrogens (tertiary/aromatic N) is 1. The molecule has 118 valence electrons. The number of halogens is 1. The van der Waals surface area contributed by atoms with E-state index in [1.54, 1.807) is 30.3 Å². The number of hydrogen-bond donors (Lipinski definition) is 0. The highest BCUT2D eigenvalue weighted by Crippen LogP contribution is 2.24. The number of hydrogen-bond acceptors (Lipinski definition) is 3. The van der Waals surface area contributed by atoms with Gasteiger partial charge in [0.05, 0.1) is 9.79 Å². The van der Waals surface area contributed by atoms with Crippen LogP contribution in [0.1, 0.15) is 12.5 Å². The van der Waals surface area contributed by atoms with Gasteiger partial charge in [0.1, 0.15) is 9.73 Å². The monoisotopic (exact) mass is 341 g/mol. The van der Waals surface area contributed by atoms with E-state index in [1.807, 2.05) is 6.92 Å². The largest absolute Gasteiger partial charge is 0.290 e. The van der Waals surface area contributed by atoms with Crippen molar-refractivity contribution >= 4 is 19.8 Å². The molecular formula is C15H16FNO3S2. The summed E-state index contributed by atoms with van der Waals surface area (Å²) in [5.74, 6) is 0. The molecule has 7 heteroatoms. The summed E-state index contributed by atoms with van der Waals surface area (Å²) in [6, 6.07) is 13.5. The Morgan fingerprint density at radius 1 is 0.909 bits per heavy atom. The molecule has 2 atom stereocenters. The first-order chi connectivity index (χ1) is 10.3. The molecule has 0 aromatic heterocycles. The highest BCUT2D eigenvalue weighted by atomic mass is 32.3. The van der Waals surface area contributed by atoms with Gasteiger partial charge in [0.2, 0.25) is 0 Å². The van der Waals surface area contributed by atoms with E-state index in [4.69, 9.17) is 0 Å². The van der Waals surface area contributed by atoms with Crippen LogP contribution in [0.3, 0.4) is 0 Å². The molecule has 2 aromatic carbocycles. The third-order valence-corrected chi connectivity index (χ3v) is 7.42. The summed E-state index contributed by atoms with van der Waals surface area (Å²) in [6.45, 7) is 2.85. The van der Waals surface area contributed by atoms with Crippen molar-refractivity contribution in [3.63, 3.8) is 0 Å². The molecule has 2 aromatic rings. The van der Waals surface area contributed by atoms with Crippen LogP contribution < -0.4 is 0 Å². The first-order valence-electron chi connectivity index (χ1n) is 6.54. The Hall–Kier alpha value is -1.73. The van der Waals surface area contributed by atoms with E-state index in [2.05, 4.69) is 3.77 Å². The molecule has 0 radical (unpaired) electrons. The molecule has 0 fully saturated rings. The van der Waals surface area contributed by atoms with Gasteiger partial charge in [0.25, 0.3) is 10.0 Å². The molecule has 0 aliphatic carbocycles. The summed E-state index contributed by atoms with van der Waals surface area (Å²) < 4.78 is 54.8. The van der Waals surface area contributed by atoms with Gasteiger partial charge in [-0.1, -0.05) is 39.7 Å². The second-order valence-corrected chi connectivity index (χ2v) is 9.06. The van der Waals surface area contributed by atoms with E-state index < -0.39 is 25.3 Å². The Balaban J connectivity index is 2.65. The van der Waals surface area contributed by atoms with Crippen LogP contribution in [0.25, 0.3) is 0 Å². The zero-order chi connectivity index (χ0) is 16.4. The van der Waals surface area contributed by atoms with Crippen molar-refractivity contribution in [3.8, 4) is 0 Å². The van der Waals surface area contributed by atoms with Crippen LogP contribution in [-0.2, 0) is 19.8 Å². The van der Waals surface area contributed by atoms with Crippen LogP contribution in [0.15, 0.2) is 68.2 Å². The summed E-state index contributed by atoms with van der Waals surface area (Å²) in [5.41, 5.74) is -1.04. The number of benzene rings is 2. The van der Waals surface area contributed by atoms with E-state index in [0.29, 0.717) is 0 Å². The lowest BCUT2D eigenvalue weighted by Gasteiger charge is -2.11. The molecule has 0 N–H and O–H groups in total. The van der Waals surface area contributed by atoms with Crippen LogP contribution in [0.2, 0.25) is 0 Å². The van der Waals surface area contributed by atoms with Crippen molar-refractivity contribution in [2.24, 2.45) is 3.77 Å². The lowest BCUT2D eigenvalue weighted by Crippen LogP contribution is -2.15. The molecule has 0 aliphatic rings. The lowest BCUT2D eigenvalue weighted by molar-refractivity contribution is 0.464. The van der Waals surface area contributed by atoms with Gasteiger partial charge in [-0.2, -0.15) is 8.42 Å². The normalized spacial score (nSPS) is 15.8. The summed E-state index contributed by atoms with van der Waals surface area (Å²) in [7, 11) is -7.95. The van der Waals surface area contributed by atoms with Crippen LogP contribution in [0.5, 0.6) is 0 Å². The fourth-order valence-corrected chi connectivity index (χ4v) is 5.54. The molecule has 22 heavy (non-hydrogen) atoms. The van der Waals surface area contributed by atoms with Crippen molar-refractivity contribution in [1.82, 2.24) is 0 Å². The topological polar surface area (TPSA) is 63.6 Å². The summed E-state index contributed by atoms with van der Waals surface area (Å²) in [6.07, 6.45) is 0. The molecule has 4 nitrogen and oxygen atoms in total. The first kappa shape index (κ1) is 16.6. The molecule has 2 rings (SSSR count). The second kappa shape index (κ2) is 6.18. The predicted octanol–water partition coefficient (Wildman–Crippen LogP) is 3.53. The summed E-state index contributed by atoms with van der Waals surface area (Å²) >= 11 is 0. The SMILES string of the molecule is Cc1ccc(S(=O)(=O)N=S(=O)(c2ccccc2)[C@@H](C)F)cc1. The molecule has 0 amide bonds. The second-order valence-electron chi connectivity index (χ2n) is 4.79. The zero-order valence-corrected chi connectivity index (χ0v) is 13.8. The number of aryl methyl sites for hydroxylation is 1. The van der Waals surface area contributed by atoms with Crippen molar-refractivity contribution < 1.29 is 17.0 Å². The summed E-state index contributed by atoms with van der Waals surface area (Å²) in [4.78, 5) is -0.0527. The van der Waals surface area contributed by atoms with Gasteiger partial charge in [-0.3, -0.25) is 0 Å². The van der Waals surface area contributed by atoms with Crippen molar-refractivity contribution in [2.45, 2.75) is 29.1 Å². The van der Waals surface area contributed by atoms with E-state index in [9.17, 15) is 17.0 Å². The van der Waals surface area contributed by atoms with Crippen molar-refractivity contribution in [1.29, 1.82) is 0 Å². The van der Waals surface area contributed by atoms with Crippen LogP contribution in [0, 0.1) is 6.92 Å². The highest BCUT2D eigenvalue weighted by molar-refractivity contribution is 8.03. The Bertz CT molecular complexity index is 867. The van der Waals surface area contributed by atoms with Gasteiger partial charge in [-0.05, 0) is 38.1 Å². The highest BCUT2D eigenvalue weighted by Gasteiger charge is 2.26. The molecule has 0 spiro atoms. The maximum atomic E-state index is 13.9. The molecular weight excluding hydrogens is 325 g/mol. The van der Waals surface area contributed by atoms with Crippen LogP contribution in [-0.4, -0.2) is 18.1 Å². The van der Waals surface area contributed by atoms with Gasteiger partial charge in [-0.25, -0.2) is 8.60 Å². The zero-order valence-electron chi connectivity index (χ0n) is 12.1. The smallest absolute Gasteiger partial charge is 0.241 e. The lowest BCUT2D eigenvalue weighted by atomic mass is 10.2. The quantitative estimate of drug-likeness (QED) is 0.854. The summed E-state index contributed by atoms with van der Waals surface area (Å²) in [5, 5.41) is 0. The third-order valence-electron chi connectivity index (χ3n) is 3.05. The Morgan fingerprint density at radius 2 is 1.45 bits per heavy atom. The average Bonchev–Trinajstić information content (AvgIpc) is 2.48. The Morgan fingerprint density at radius 3 is 1.95 bits per heavy atom. The van der Waals surface area contributed by atoms with Crippen LogP contribution in [0.4, 0.5) is 4.39 Å². The molecule has 0 heterocycles. The van der Waals surface area contributed by atoms with Crippen LogP contribution >= 0.6 is 0 Å². The van der Waals surface area contributed by atoms with E-state index in [0.717, 1.165) is 12.5 Å². The van der Waals surface area contributed by atoms with Crippen molar-refractivity contribution in [2.75, 3.05) is 0 Å². The molecule has 0 bridgehead atoms. The number of sulfonamides is 1. The van der Waals surface area contributed by atoms with Gasteiger partial charge in [0.15, 0.2) is 5.50 Å². The number of rotatable bonds is 4. The van der Waals surface area contributed by atoms with Crippen molar-refractivity contribution in [3.05, 3.63) is 60.2 Å². The maximum Gasteiger partial charge on any atom is 0.290 e. The fourth-order valence-electron chi connectivity index (χ4n) is 1.80. The molecule has 1 unspecified atom stereocenters. The van der Waals surface area contributed by atoms with E-state index in [-0.39, 0.29) is 9.79 Å². The molecule has 0 saturated heterocycles. The molecule has 0 saturated carbocycles. The fraction of sp³-hybridized carbons (Fsp3) is 0.200. The minimum atomic E-state index is -4.22. The number of alkyl halides is 1. The minimum Gasteiger partial charge on any atom is -0.241 e. The Kier molecular flexibility index (Phi) is 4.67. The predicted molar refractivity (Wildman–Crippen MR) is 84.2 cm³/mol. The minimum absolute atomic E-state index is 0.0562.